The van der Waals surface area contributed by atoms with E-state index in [1.165, 1.54) is 0 Å². The molecule has 1 aromatic rings. The van der Waals surface area contributed by atoms with E-state index in [9.17, 15) is 14.4 Å². The van der Waals surface area contributed by atoms with Crippen molar-refractivity contribution in [3.63, 3.8) is 0 Å². The smallest absolute Gasteiger partial charge is 0.230 e. The summed E-state index contributed by atoms with van der Waals surface area (Å²) >= 11 is 0. The van der Waals surface area contributed by atoms with Crippen LogP contribution in [-0.2, 0) is 14.4 Å². The van der Waals surface area contributed by atoms with Gasteiger partial charge in [-0.3, -0.25) is 14.4 Å². The molecule has 0 aromatic heterocycles. The van der Waals surface area contributed by atoms with Crippen molar-refractivity contribution in [3.05, 3.63) is 23.8 Å². The Morgan fingerprint density at radius 2 is 2.00 bits per heavy atom. The van der Waals surface area contributed by atoms with Crippen molar-refractivity contribution in [1.29, 1.82) is 0 Å². The first-order valence-corrected chi connectivity index (χ1v) is 10.1. The lowest BCUT2D eigenvalue weighted by Gasteiger charge is -2.36. The molecule has 0 bridgehead atoms. The maximum atomic E-state index is 13.2. The monoisotopic (exact) mass is 385 g/mol. The molecular formula is C21H27N3O4. The summed E-state index contributed by atoms with van der Waals surface area (Å²) in [5.41, 5.74) is 1.44. The minimum absolute atomic E-state index is 0.0139. The standard InChI is InChI=1S/C21H27N3O4/c1-28-17-5-2-4-15-16(12-18(25)22-20(15)17)21(27)23-10-7-14(8-11-23)13-24-9-3-6-19(24)26/h2,4-5,14,16H,3,6-13H2,1H3,(H,22,25)/t16-/m0/s1. The number of ether oxygens (including phenoxy) is 1. The van der Waals surface area contributed by atoms with E-state index in [0.717, 1.165) is 37.9 Å². The third kappa shape index (κ3) is 3.57. The topological polar surface area (TPSA) is 79.0 Å². The minimum atomic E-state index is -0.462. The Bertz CT molecular complexity index is 786. The minimum Gasteiger partial charge on any atom is -0.495 e. The van der Waals surface area contributed by atoms with Gasteiger partial charge in [-0.15, -0.1) is 0 Å². The zero-order valence-corrected chi connectivity index (χ0v) is 16.3. The Morgan fingerprint density at radius 3 is 2.68 bits per heavy atom. The number of nitrogens with zero attached hydrogens (tertiary/aromatic N) is 2. The Labute approximate surface area is 165 Å². The van der Waals surface area contributed by atoms with Crippen LogP contribution in [0.1, 0.15) is 43.6 Å². The summed E-state index contributed by atoms with van der Waals surface area (Å²) < 4.78 is 5.35. The van der Waals surface area contributed by atoms with Crippen LogP contribution in [0.3, 0.4) is 0 Å². The number of benzene rings is 1. The fraction of sp³-hybridized carbons (Fsp3) is 0.571. The van der Waals surface area contributed by atoms with Gasteiger partial charge in [-0.05, 0) is 36.8 Å². The highest BCUT2D eigenvalue weighted by Crippen LogP contribution is 2.39. The van der Waals surface area contributed by atoms with Gasteiger partial charge >= 0.3 is 0 Å². The third-order valence-corrected chi connectivity index (χ3v) is 6.18. The van der Waals surface area contributed by atoms with Gasteiger partial charge in [0.05, 0.1) is 18.7 Å². The molecule has 0 saturated carbocycles. The summed E-state index contributed by atoms with van der Waals surface area (Å²) in [6, 6.07) is 5.54. The van der Waals surface area contributed by atoms with Crippen molar-refractivity contribution >= 4 is 23.4 Å². The number of hydrogen-bond acceptors (Lipinski definition) is 4. The first kappa shape index (κ1) is 18.8. The van der Waals surface area contributed by atoms with Gasteiger partial charge in [-0.2, -0.15) is 0 Å². The molecule has 0 radical (unpaired) electrons. The van der Waals surface area contributed by atoms with Crippen LogP contribution >= 0.6 is 0 Å². The molecule has 2 saturated heterocycles. The molecule has 3 aliphatic heterocycles. The van der Waals surface area contributed by atoms with Gasteiger partial charge in [0.15, 0.2) is 0 Å². The molecule has 2 fully saturated rings. The van der Waals surface area contributed by atoms with Crippen LogP contribution in [0, 0.1) is 5.92 Å². The molecule has 1 N–H and O–H groups in total. The number of fused-ring (bicyclic) bond motifs is 1. The molecule has 28 heavy (non-hydrogen) atoms. The second kappa shape index (κ2) is 7.81. The average molecular weight is 385 g/mol. The van der Waals surface area contributed by atoms with Gasteiger partial charge in [-0.25, -0.2) is 0 Å². The lowest BCUT2D eigenvalue weighted by atomic mass is 9.87. The van der Waals surface area contributed by atoms with Gasteiger partial charge in [-0.1, -0.05) is 12.1 Å². The van der Waals surface area contributed by atoms with Crippen molar-refractivity contribution in [2.45, 2.75) is 38.0 Å². The van der Waals surface area contributed by atoms with Crippen LogP contribution in [0.4, 0.5) is 5.69 Å². The van der Waals surface area contributed by atoms with E-state index in [1.54, 1.807) is 13.2 Å². The van der Waals surface area contributed by atoms with Gasteiger partial charge in [0, 0.05) is 39.0 Å². The lowest BCUT2D eigenvalue weighted by Crippen LogP contribution is -2.44. The zero-order chi connectivity index (χ0) is 19.7. The second-order valence-electron chi connectivity index (χ2n) is 7.94. The maximum Gasteiger partial charge on any atom is 0.230 e. The largest absolute Gasteiger partial charge is 0.495 e. The SMILES string of the molecule is COc1cccc2c1NC(=O)C[C@@H]2C(=O)N1CCC(CN2CCCC2=O)CC1. The summed E-state index contributed by atoms with van der Waals surface area (Å²) in [5.74, 6) is 0.691. The van der Waals surface area contributed by atoms with Gasteiger partial charge in [0.2, 0.25) is 17.7 Å². The third-order valence-electron chi connectivity index (χ3n) is 6.18. The van der Waals surface area contributed by atoms with Crippen LogP contribution < -0.4 is 10.1 Å². The average Bonchev–Trinajstić information content (AvgIpc) is 3.11. The number of piperidine rings is 1. The Balaban J connectivity index is 1.42. The summed E-state index contributed by atoms with van der Waals surface area (Å²) in [6.07, 6.45) is 3.60. The van der Waals surface area contributed by atoms with Gasteiger partial charge in [0.25, 0.3) is 0 Å². The molecule has 150 valence electrons. The van der Waals surface area contributed by atoms with Crippen molar-refractivity contribution in [2.75, 3.05) is 38.6 Å². The number of para-hydroxylation sites is 1. The van der Waals surface area contributed by atoms with Crippen molar-refractivity contribution in [2.24, 2.45) is 5.92 Å². The van der Waals surface area contributed by atoms with Crippen LogP contribution in [0.15, 0.2) is 18.2 Å². The normalized spacial score (nSPS) is 22.8. The Morgan fingerprint density at radius 1 is 1.21 bits per heavy atom. The molecule has 4 rings (SSSR count). The van der Waals surface area contributed by atoms with Crippen LogP contribution in [-0.4, -0.2) is 60.8 Å². The molecule has 3 amide bonds. The number of anilines is 1. The van der Waals surface area contributed by atoms with Crippen LogP contribution in [0.2, 0.25) is 0 Å². The fourth-order valence-electron chi connectivity index (χ4n) is 4.61. The molecule has 1 aromatic carbocycles. The highest BCUT2D eigenvalue weighted by atomic mass is 16.5. The summed E-state index contributed by atoms with van der Waals surface area (Å²) in [5, 5.41) is 2.85. The lowest BCUT2D eigenvalue weighted by molar-refractivity contribution is -0.136. The molecule has 7 heteroatoms. The van der Waals surface area contributed by atoms with Gasteiger partial charge < -0.3 is 19.9 Å². The number of carbonyl (C=O) groups is 3. The molecular weight excluding hydrogens is 358 g/mol. The van der Waals surface area contributed by atoms with E-state index < -0.39 is 5.92 Å². The number of nitrogens with one attached hydrogen (secondary N) is 1. The zero-order valence-electron chi connectivity index (χ0n) is 16.3. The van der Waals surface area contributed by atoms with Crippen molar-refractivity contribution < 1.29 is 19.1 Å². The summed E-state index contributed by atoms with van der Waals surface area (Å²) in [7, 11) is 1.56. The number of rotatable bonds is 4. The predicted octanol–water partition coefficient (Wildman–Crippen LogP) is 1.98. The van der Waals surface area contributed by atoms with Crippen molar-refractivity contribution in [3.8, 4) is 5.75 Å². The number of amides is 3. The van der Waals surface area contributed by atoms with E-state index in [0.29, 0.717) is 36.9 Å². The quantitative estimate of drug-likeness (QED) is 0.860. The molecule has 3 heterocycles. The fourth-order valence-corrected chi connectivity index (χ4v) is 4.61. The van der Waals surface area contributed by atoms with Crippen LogP contribution in [0.5, 0.6) is 5.75 Å². The molecule has 0 aliphatic carbocycles. The molecule has 3 aliphatic rings. The van der Waals surface area contributed by atoms with Gasteiger partial charge in [0.1, 0.15) is 5.75 Å². The maximum absolute atomic E-state index is 13.2. The first-order valence-electron chi connectivity index (χ1n) is 10.1. The first-order chi connectivity index (χ1) is 13.6. The van der Waals surface area contributed by atoms with Crippen molar-refractivity contribution in [1.82, 2.24) is 9.80 Å². The van der Waals surface area contributed by atoms with E-state index >= 15 is 0 Å². The number of hydrogen-bond donors (Lipinski definition) is 1. The van der Waals surface area contributed by atoms with E-state index in [1.807, 2.05) is 21.9 Å². The molecule has 0 spiro atoms. The highest BCUT2D eigenvalue weighted by molar-refractivity contribution is 6.02. The van der Waals surface area contributed by atoms with E-state index in [4.69, 9.17) is 4.74 Å². The highest BCUT2D eigenvalue weighted by Gasteiger charge is 2.36. The predicted molar refractivity (Wildman–Crippen MR) is 104 cm³/mol. The molecule has 1 atom stereocenters. The van der Waals surface area contributed by atoms with E-state index in [-0.39, 0.29) is 24.1 Å². The number of carbonyl (C=O) groups excluding carboxylic acids is 3. The Hall–Kier alpha value is -2.57. The number of methoxy groups -OCH3 is 1. The number of likely N-dealkylation sites (tertiary alicyclic amines) is 2. The molecule has 7 nitrogen and oxygen atoms in total. The second-order valence-corrected chi connectivity index (χ2v) is 7.94. The Kier molecular flexibility index (Phi) is 5.24. The van der Waals surface area contributed by atoms with E-state index in [2.05, 4.69) is 5.32 Å². The van der Waals surface area contributed by atoms with Crippen LogP contribution in [0.25, 0.3) is 0 Å². The summed E-state index contributed by atoms with van der Waals surface area (Å²) in [6.45, 7) is 3.05. The summed E-state index contributed by atoms with van der Waals surface area (Å²) in [4.78, 5) is 41.1. The molecule has 0 unspecified atom stereocenters.